The highest BCUT2D eigenvalue weighted by atomic mass is 19.1. The van der Waals surface area contributed by atoms with Crippen molar-refractivity contribution in [1.29, 1.82) is 0 Å². The van der Waals surface area contributed by atoms with E-state index in [-0.39, 0.29) is 23.6 Å². The summed E-state index contributed by atoms with van der Waals surface area (Å²) in [4.78, 5) is 17.5. The largest absolute Gasteiger partial charge is 0.504 e. The molecule has 0 radical (unpaired) electrons. The van der Waals surface area contributed by atoms with Crippen LogP contribution in [0.3, 0.4) is 0 Å². The Hall–Kier alpha value is -3.61. The number of aromatic hydroxyl groups is 1. The molecule has 1 aliphatic rings. The van der Waals surface area contributed by atoms with Crippen molar-refractivity contribution in [3.8, 4) is 39.5 Å². The number of phenols is 1. The lowest BCUT2D eigenvalue weighted by molar-refractivity contribution is -0.736. The molecule has 1 N–H and O–H groups in total. The van der Waals surface area contributed by atoms with Crippen LogP contribution in [0.5, 0.6) is 17.2 Å². The molecule has 28 heavy (non-hydrogen) atoms. The first-order chi connectivity index (χ1) is 13.5. The van der Waals surface area contributed by atoms with Gasteiger partial charge in [0.1, 0.15) is 18.2 Å². The first-order valence-corrected chi connectivity index (χ1v) is 8.51. The van der Waals surface area contributed by atoms with Gasteiger partial charge < -0.3 is 14.6 Å². The molecule has 7 heteroatoms. The van der Waals surface area contributed by atoms with Crippen LogP contribution >= 0.6 is 0 Å². The Morgan fingerprint density at radius 1 is 1.04 bits per heavy atom. The minimum absolute atomic E-state index is 0.00107. The highest BCUT2D eigenvalue weighted by Gasteiger charge is 2.30. The van der Waals surface area contributed by atoms with Gasteiger partial charge in [-0.15, -0.1) is 0 Å². The number of fused-ring (bicyclic) bond motifs is 3. The SMILES string of the molecule is COc1cc2c(cc1O)COc1cc(-c3ccccc3F)c([N+](=O)OC)cc1-2. The van der Waals surface area contributed by atoms with Crippen LogP contribution in [0.4, 0.5) is 10.1 Å². The van der Waals surface area contributed by atoms with Gasteiger partial charge in [0.15, 0.2) is 18.6 Å². The first-order valence-electron chi connectivity index (χ1n) is 8.51. The molecule has 1 heterocycles. The van der Waals surface area contributed by atoms with Crippen LogP contribution in [0.15, 0.2) is 48.5 Å². The molecule has 142 valence electrons. The van der Waals surface area contributed by atoms with Crippen LogP contribution < -0.4 is 9.47 Å². The quantitative estimate of drug-likeness (QED) is 0.660. The second-order valence-corrected chi connectivity index (χ2v) is 6.25. The third-order valence-corrected chi connectivity index (χ3v) is 4.70. The van der Waals surface area contributed by atoms with Crippen LogP contribution in [0.2, 0.25) is 0 Å². The minimum Gasteiger partial charge on any atom is -0.504 e. The molecular formula is C21H17FNO5+. The van der Waals surface area contributed by atoms with Crippen LogP contribution in [0.1, 0.15) is 5.56 Å². The highest BCUT2D eigenvalue weighted by molar-refractivity contribution is 5.86. The van der Waals surface area contributed by atoms with Gasteiger partial charge in [-0.1, -0.05) is 18.2 Å². The van der Waals surface area contributed by atoms with E-state index in [1.807, 2.05) is 0 Å². The summed E-state index contributed by atoms with van der Waals surface area (Å²) in [5, 5.41) is 10.0. The first kappa shape index (κ1) is 17.8. The third kappa shape index (κ3) is 2.81. The molecule has 4 rings (SSSR count). The lowest BCUT2D eigenvalue weighted by atomic mass is 9.92. The van der Waals surface area contributed by atoms with Gasteiger partial charge in [-0.2, -0.15) is 0 Å². The Kier molecular flexibility index (Phi) is 4.35. The highest BCUT2D eigenvalue weighted by Crippen LogP contribution is 2.47. The summed E-state index contributed by atoms with van der Waals surface area (Å²) < 4.78 is 25.4. The van der Waals surface area contributed by atoms with Crippen LogP contribution in [-0.4, -0.2) is 24.2 Å². The van der Waals surface area contributed by atoms with E-state index in [9.17, 15) is 14.4 Å². The molecule has 0 saturated carbocycles. The number of hydrogen-bond donors (Lipinski definition) is 1. The van der Waals surface area contributed by atoms with Gasteiger partial charge in [0.2, 0.25) is 0 Å². The topological polar surface area (TPSA) is 68.0 Å². The summed E-state index contributed by atoms with van der Waals surface area (Å²) in [6, 6.07) is 12.6. The van der Waals surface area contributed by atoms with E-state index in [0.29, 0.717) is 27.5 Å². The molecule has 0 bridgehead atoms. The predicted molar refractivity (Wildman–Crippen MR) is 100 cm³/mol. The van der Waals surface area contributed by atoms with Crippen molar-refractivity contribution in [2.75, 3.05) is 14.2 Å². The van der Waals surface area contributed by atoms with E-state index in [0.717, 1.165) is 11.1 Å². The molecule has 0 aliphatic carbocycles. The number of benzene rings is 3. The zero-order valence-corrected chi connectivity index (χ0v) is 15.2. The Bertz CT molecular complexity index is 1100. The maximum Gasteiger partial charge on any atom is 0.325 e. The standard InChI is InChI=1S/C21H16FNO5/c1-26-21-9-14-12(7-19(21)24)11-28-20-10-15(13-5-3-4-6-17(13)22)18(8-16(14)20)23(25)27-2/h3-10H,11H2,1-2H3/p+1. The van der Waals surface area contributed by atoms with E-state index < -0.39 is 5.82 Å². The number of halogens is 1. The summed E-state index contributed by atoms with van der Waals surface area (Å²) in [5.41, 5.74) is 2.85. The molecule has 3 aromatic rings. The number of hydrogen-bond acceptors (Lipinski definition) is 5. The fourth-order valence-electron chi connectivity index (χ4n) is 3.34. The summed E-state index contributed by atoms with van der Waals surface area (Å²) >= 11 is 0. The molecular weight excluding hydrogens is 365 g/mol. The van der Waals surface area contributed by atoms with E-state index in [2.05, 4.69) is 0 Å². The Morgan fingerprint density at radius 3 is 2.54 bits per heavy atom. The van der Waals surface area contributed by atoms with E-state index in [1.54, 1.807) is 42.5 Å². The fourth-order valence-corrected chi connectivity index (χ4v) is 3.34. The Balaban J connectivity index is 1.98. The van der Waals surface area contributed by atoms with Gasteiger partial charge in [0, 0.05) is 22.8 Å². The summed E-state index contributed by atoms with van der Waals surface area (Å²) in [5.74, 6) is 0.332. The molecule has 0 spiro atoms. The smallest absolute Gasteiger partial charge is 0.325 e. The average molecular weight is 382 g/mol. The van der Waals surface area contributed by atoms with Gasteiger partial charge in [-0.25, -0.2) is 9.23 Å². The van der Waals surface area contributed by atoms with Crippen LogP contribution in [0, 0.1) is 10.7 Å². The van der Waals surface area contributed by atoms with Crippen molar-refractivity contribution in [1.82, 2.24) is 0 Å². The minimum atomic E-state index is -0.462. The monoisotopic (exact) mass is 382 g/mol. The van der Waals surface area contributed by atoms with Gasteiger partial charge in [0.25, 0.3) is 4.92 Å². The van der Waals surface area contributed by atoms with Gasteiger partial charge in [-0.05, 0) is 29.8 Å². The zero-order chi connectivity index (χ0) is 19.8. The average Bonchev–Trinajstić information content (AvgIpc) is 2.72. The van der Waals surface area contributed by atoms with Crippen molar-refractivity contribution in [3.63, 3.8) is 0 Å². The van der Waals surface area contributed by atoms with Crippen molar-refractivity contribution in [3.05, 3.63) is 64.8 Å². The second kappa shape index (κ2) is 6.84. The number of rotatable bonds is 4. The molecule has 1 aliphatic heterocycles. The maximum atomic E-state index is 14.4. The summed E-state index contributed by atoms with van der Waals surface area (Å²) in [6.45, 7) is 0.224. The van der Waals surface area contributed by atoms with Gasteiger partial charge in [0.05, 0.1) is 17.6 Å². The van der Waals surface area contributed by atoms with Crippen molar-refractivity contribution >= 4 is 5.69 Å². The molecule has 0 aromatic heterocycles. The van der Waals surface area contributed by atoms with Crippen LogP contribution in [-0.2, 0) is 11.4 Å². The van der Waals surface area contributed by atoms with E-state index in [1.165, 1.54) is 20.3 Å². The predicted octanol–water partition coefficient (Wildman–Crippen LogP) is 4.74. The molecule has 0 fully saturated rings. The van der Waals surface area contributed by atoms with Crippen molar-refractivity contribution in [2.45, 2.75) is 6.61 Å². The molecule has 0 atom stereocenters. The molecule has 6 nitrogen and oxygen atoms in total. The summed E-state index contributed by atoms with van der Waals surface area (Å²) in [6.07, 6.45) is 0. The number of methoxy groups -OCH3 is 1. The van der Waals surface area contributed by atoms with E-state index >= 15 is 0 Å². The molecule has 0 unspecified atom stereocenters. The lowest BCUT2D eigenvalue weighted by Gasteiger charge is -2.22. The van der Waals surface area contributed by atoms with E-state index in [4.69, 9.17) is 14.3 Å². The Morgan fingerprint density at radius 2 is 1.82 bits per heavy atom. The molecule has 0 amide bonds. The normalized spacial score (nSPS) is 11.8. The number of ether oxygens (including phenoxy) is 2. The van der Waals surface area contributed by atoms with Crippen molar-refractivity contribution < 1.29 is 28.7 Å². The zero-order valence-electron chi connectivity index (χ0n) is 15.2. The van der Waals surface area contributed by atoms with Gasteiger partial charge >= 0.3 is 5.69 Å². The summed E-state index contributed by atoms with van der Waals surface area (Å²) in [7, 11) is 2.70. The Labute approximate surface area is 160 Å². The maximum absolute atomic E-state index is 14.4. The number of phenolic OH excluding ortho intramolecular Hbond substituents is 1. The lowest BCUT2D eigenvalue weighted by Crippen LogP contribution is -2.08. The van der Waals surface area contributed by atoms with Gasteiger partial charge in [-0.3, -0.25) is 0 Å². The fraction of sp³-hybridized carbons (Fsp3) is 0.143. The molecule has 3 aromatic carbocycles. The number of nitrogens with zero attached hydrogens (tertiary/aromatic N) is 1. The second-order valence-electron chi connectivity index (χ2n) is 6.25. The third-order valence-electron chi connectivity index (χ3n) is 4.70. The molecule has 0 saturated heterocycles. The van der Waals surface area contributed by atoms with Crippen molar-refractivity contribution in [2.24, 2.45) is 0 Å². The van der Waals surface area contributed by atoms with Crippen LogP contribution in [0.25, 0.3) is 22.3 Å².